The van der Waals surface area contributed by atoms with Crippen molar-refractivity contribution in [3.05, 3.63) is 0 Å². The van der Waals surface area contributed by atoms with Gasteiger partial charge in [0.15, 0.2) is 0 Å². The number of hydrogen-bond acceptors (Lipinski definition) is 2. The quantitative estimate of drug-likeness (QED) is 0.438. The molecule has 0 atom stereocenters. The maximum Gasteiger partial charge on any atom is 0.119 e. The molecule has 1 heterocycles. The first kappa shape index (κ1) is 7.73. The van der Waals surface area contributed by atoms with Crippen molar-refractivity contribution in [2.24, 2.45) is 5.41 Å². The minimum atomic E-state index is 0.392. The SMILES string of the molecule is CC1(CCCC=O)COC1. The Hall–Kier alpha value is -0.370. The summed E-state index contributed by atoms with van der Waals surface area (Å²) in [5.74, 6) is 0. The zero-order chi connectivity index (χ0) is 7.45. The Kier molecular flexibility index (Phi) is 2.44. The second kappa shape index (κ2) is 3.15. The number of aldehydes is 1. The summed E-state index contributed by atoms with van der Waals surface area (Å²) in [5.41, 5.74) is 0.392. The van der Waals surface area contributed by atoms with Crippen LogP contribution in [0.4, 0.5) is 0 Å². The highest BCUT2D eigenvalue weighted by molar-refractivity contribution is 5.48. The van der Waals surface area contributed by atoms with E-state index in [0.29, 0.717) is 11.8 Å². The standard InChI is InChI=1S/C8H14O2/c1-8(6-10-7-8)4-2-3-5-9/h5H,2-4,6-7H2,1H3. The largest absolute Gasteiger partial charge is 0.380 e. The van der Waals surface area contributed by atoms with Gasteiger partial charge in [-0.15, -0.1) is 0 Å². The molecule has 1 aliphatic heterocycles. The van der Waals surface area contributed by atoms with Crippen LogP contribution in [0, 0.1) is 5.41 Å². The van der Waals surface area contributed by atoms with Crippen molar-refractivity contribution in [2.45, 2.75) is 26.2 Å². The molecule has 0 N–H and O–H groups in total. The Morgan fingerprint density at radius 3 is 2.70 bits per heavy atom. The van der Waals surface area contributed by atoms with Gasteiger partial charge in [0.05, 0.1) is 13.2 Å². The first-order chi connectivity index (χ1) is 4.77. The maximum absolute atomic E-state index is 9.97. The smallest absolute Gasteiger partial charge is 0.119 e. The van der Waals surface area contributed by atoms with Crippen molar-refractivity contribution in [2.75, 3.05) is 13.2 Å². The molecule has 10 heavy (non-hydrogen) atoms. The summed E-state index contributed by atoms with van der Waals surface area (Å²) in [6.07, 6.45) is 3.84. The number of ether oxygens (including phenoxy) is 1. The van der Waals surface area contributed by atoms with Gasteiger partial charge in [-0.25, -0.2) is 0 Å². The molecule has 1 rings (SSSR count). The second-order valence-corrected chi connectivity index (χ2v) is 3.36. The van der Waals surface area contributed by atoms with Crippen LogP contribution < -0.4 is 0 Å². The average molecular weight is 142 g/mol. The van der Waals surface area contributed by atoms with E-state index in [-0.39, 0.29) is 0 Å². The molecule has 1 fully saturated rings. The summed E-state index contributed by atoms with van der Waals surface area (Å²) >= 11 is 0. The van der Waals surface area contributed by atoms with E-state index in [1.165, 1.54) is 0 Å². The predicted octanol–water partition coefficient (Wildman–Crippen LogP) is 1.39. The fraction of sp³-hybridized carbons (Fsp3) is 0.875. The summed E-state index contributed by atoms with van der Waals surface area (Å²) < 4.78 is 5.08. The van der Waals surface area contributed by atoms with Crippen LogP contribution in [-0.2, 0) is 9.53 Å². The van der Waals surface area contributed by atoms with E-state index in [2.05, 4.69) is 6.92 Å². The van der Waals surface area contributed by atoms with E-state index in [9.17, 15) is 4.79 Å². The van der Waals surface area contributed by atoms with Crippen molar-refractivity contribution in [1.82, 2.24) is 0 Å². The number of unbranched alkanes of at least 4 members (excludes halogenated alkanes) is 1. The van der Waals surface area contributed by atoms with Gasteiger partial charge in [0.2, 0.25) is 0 Å². The van der Waals surface area contributed by atoms with Crippen LogP contribution in [0.2, 0.25) is 0 Å². The lowest BCUT2D eigenvalue weighted by atomic mass is 9.83. The molecule has 0 spiro atoms. The highest BCUT2D eigenvalue weighted by atomic mass is 16.5. The van der Waals surface area contributed by atoms with Crippen LogP contribution in [0.3, 0.4) is 0 Å². The Morgan fingerprint density at radius 2 is 2.30 bits per heavy atom. The molecule has 0 aromatic heterocycles. The van der Waals surface area contributed by atoms with E-state index >= 15 is 0 Å². The van der Waals surface area contributed by atoms with Crippen molar-refractivity contribution in [1.29, 1.82) is 0 Å². The summed E-state index contributed by atoms with van der Waals surface area (Å²) in [7, 11) is 0. The van der Waals surface area contributed by atoms with Gasteiger partial charge in [-0.05, 0) is 12.8 Å². The molecule has 0 saturated carbocycles. The monoisotopic (exact) mass is 142 g/mol. The predicted molar refractivity (Wildman–Crippen MR) is 38.8 cm³/mol. The maximum atomic E-state index is 9.97. The van der Waals surface area contributed by atoms with E-state index in [1.807, 2.05) is 0 Å². The zero-order valence-corrected chi connectivity index (χ0v) is 6.43. The average Bonchev–Trinajstić information content (AvgIpc) is 1.85. The van der Waals surface area contributed by atoms with Gasteiger partial charge in [-0.2, -0.15) is 0 Å². The normalized spacial score (nSPS) is 21.7. The molecule has 0 bridgehead atoms. The molecule has 0 unspecified atom stereocenters. The molecule has 1 aliphatic rings. The van der Waals surface area contributed by atoms with E-state index in [1.54, 1.807) is 0 Å². The van der Waals surface area contributed by atoms with E-state index in [4.69, 9.17) is 4.74 Å². The van der Waals surface area contributed by atoms with Crippen molar-refractivity contribution >= 4 is 6.29 Å². The lowest BCUT2D eigenvalue weighted by Gasteiger charge is -2.38. The third-order valence-corrected chi connectivity index (χ3v) is 2.00. The molecule has 0 aliphatic carbocycles. The molecule has 2 heteroatoms. The summed E-state index contributed by atoms with van der Waals surface area (Å²) in [6, 6.07) is 0. The van der Waals surface area contributed by atoms with E-state index < -0.39 is 0 Å². The topological polar surface area (TPSA) is 26.3 Å². The van der Waals surface area contributed by atoms with Gasteiger partial charge >= 0.3 is 0 Å². The zero-order valence-electron chi connectivity index (χ0n) is 6.43. The van der Waals surface area contributed by atoms with Gasteiger partial charge < -0.3 is 9.53 Å². The number of carbonyl (C=O) groups excluding carboxylic acids is 1. The fourth-order valence-corrected chi connectivity index (χ4v) is 1.21. The Labute approximate surface area is 61.6 Å². The first-order valence-corrected chi connectivity index (χ1v) is 3.78. The van der Waals surface area contributed by atoms with Crippen LogP contribution in [0.25, 0.3) is 0 Å². The van der Waals surface area contributed by atoms with Crippen molar-refractivity contribution < 1.29 is 9.53 Å². The molecule has 0 radical (unpaired) electrons. The lowest BCUT2D eigenvalue weighted by molar-refractivity contribution is -0.112. The lowest BCUT2D eigenvalue weighted by Crippen LogP contribution is -2.39. The van der Waals surface area contributed by atoms with E-state index in [0.717, 1.165) is 32.3 Å². The third kappa shape index (κ3) is 1.81. The first-order valence-electron chi connectivity index (χ1n) is 3.78. The van der Waals surface area contributed by atoms with Crippen molar-refractivity contribution in [3.8, 4) is 0 Å². The number of rotatable bonds is 4. The molecule has 58 valence electrons. The third-order valence-electron chi connectivity index (χ3n) is 2.00. The van der Waals surface area contributed by atoms with Gasteiger partial charge in [-0.3, -0.25) is 0 Å². The second-order valence-electron chi connectivity index (χ2n) is 3.36. The Balaban J connectivity index is 2.06. The molecular weight excluding hydrogens is 128 g/mol. The van der Waals surface area contributed by atoms with Crippen LogP contribution in [0.15, 0.2) is 0 Å². The summed E-state index contributed by atoms with van der Waals surface area (Å²) in [6.45, 7) is 3.97. The van der Waals surface area contributed by atoms with Crippen LogP contribution in [0.5, 0.6) is 0 Å². The fourth-order valence-electron chi connectivity index (χ4n) is 1.21. The number of carbonyl (C=O) groups is 1. The highest BCUT2D eigenvalue weighted by Gasteiger charge is 2.32. The van der Waals surface area contributed by atoms with Gasteiger partial charge in [0.1, 0.15) is 6.29 Å². The number of hydrogen-bond donors (Lipinski definition) is 0. The van der Waals surface area contributed by atoms with Crippen molar-refractivity contribution in [3.63, 3.8) is 0 Å². The van der Waals surface area contributed by atoms with Crippen LogP contribution in [0.1, 0.15) is 26.2 Å². The summed E-state index contributed by atoms with van der Waals surface area (Å²) in [5, 5.41) is 0. The molecule has 0 aromatic carbocycles. The Bertz CT molecular complexity index is 116. The highest BCUT2D eigenvalue weighted by Crippen LogP contribution is 2.31. The van der Waals surface area contributed by atoms with Gasteiger partial charge in [-0.1, -0.05) is 6.92 Å². The molecule has 0 amide bonds. The molecule has 0 aromatic rings. The van der Waals surface area contributed by atoms with Crippen LogP contribution in [-0.4, -0.2) is 19.5 Å². The summed E-state index contributed by atoms with van der Waals surface area (Å²) in [4.78, 5) is 9.97. The molecular formula is C8H14O2. The Morgan fingerprint density at radius 1 is 1.60 bits per heavy atom. The van der Waals surface area contributed by atoms with Gasteiger partial charge in [0, 0.05) is 11.8 Å². The molecule has 2 nitrogen and oxygen atoms in total. The van der Waals surface area contributed by atoms with Gasteiger partial charge in [0.25, 0.3) is 0 Å². The minimum Gasteiger partial charge on any atom is -0.380 e. The minimum absolute atomic E-state index is 0.392. The van der Waals surface area contributed by atoms with Crippen LogP contribution >= 0.6 is 0 Å². The molecule has 1 saturated heterocycles.